The van der Waals surface area contributed by atoms with Crippen LogP contribution < -0.4 is 10.2 Å². The number of likely N-dealkylation sites (N-methyl/N-ethyl adjacent to an activating group) is 1. The Morgan fingerprint density at radius 3 is 2.47 bits per heavy atom. The van der Waals surface area contributed by atoms with E-state index in [0.717, 1.165) is 54.0 Å². The van der Waals surface area contributed by atoms with Gasteiger partial charge in [-0.3, -0.25) is 4.98 Å². The van der Waals surface area contributed by atoms with E-state index in [-0.39, 0.29) is 5.02 Å². The minimum atomic E-state index is -0.498. The number of nitrogens with one attached hydrogen (secondary N) is 1. The van der Waals surface area contributed by atoms with Crippen LogP contribution in [0, 0.1) is 17.1 Å². The molecule has 1 fully saturated rings. The summed E-state index contributed by atoms with van der Waals surface area (Å²) in [6, 6.07) is 16.6. The predicted octanol–water partition coefficient (Wildman–Crippen LogP) is 5.46. The first-order valence-corrected chi connectivity index (χ1v) is 11.3. The van der Waals surface area contributed by atoms with Gasteiger partial charge in [-0.05, 0) is 55.1 Å². The third kappa shape index (κ3) is 4.38. The lowest BCUT2D eigenvalue weighted by Crippen LogP contribution is -2.44. The maximum absolute atomic E-state index is 13.6. The first-order valence-electron chi connectivity index (χ1n) is 11.0. The molecule has 2 aromatic heterocycles. The summed E-state index contributed by atoms with van der Waals surface area (Å²) in [5.41, 5.74) is 4.23. The summed E-state index contributed by atoms with van der Waals surface area (Å²) in [7, 11) is 2.13. The van der Waals surface area contributed by atoms with Gasteiger partial charge >= 0.3 is 0 Å². The van der Waals surface area contributed by atoms with Crippen LogP contribution in [0.15, 0.2) is 60.9 Å². The Morgan fingerprint density at radius 2 is 1.76 bits per heavy atom. The van der Waals surface area contributed by atoms with Crippen LogP contribution in [0.2, 0.25) is 5.02 Å². The highest BCUT2D eigenvalue weighted by Gasteiger charge is 2.16. The summed E-state index contributed by atoms with van der Waals surface area (Å²) >= 11 is 5.95. The third-order valence-corrected chi connectivity index (χ3v) is 6.38. The van der Waals surface area contributed by atoms with Crippen molar-refractivity contribution in [3.63, 3.8) is 0 Å². The summed E-state index contributed by atoms with van der Waals surface area (Å²) in [6.07, 6.45) is 3.41. The van der Waals surface area contributed by atoms with E-state index < -0.39 is 5.82 Å². The largest absolute Gasteiger partial charge is 0.354 e. The molecule has 1 N–H and O–H groups in total. The fourth-order valence-corrected chi connectivity index (χ4v) is 4.27. The van der Waals surface area contributed by atoms with Crippen molar-refractivity contribution in [1.82, 2.24) is 14.9 Å². The van der Waals surface area contributed by atoms with Crippen LogP contribution in [0.1, 0.15) is 5.56 Å². The summed E-state index contributed by atoms with van der Waals surface area (Å²) in [6.45, 7) is 3.97. The van der Waals surface area contributed by atoms with Crippen LogP contribution >= 0.6 is 11.6 Å². The van der Waals surface area contributed by atoms with Gasteiger partial charge in [-0.25, -0.2) is 9.37 Å². The number of pyridine rings is 2. The molecule has 0 radical (unpaired) electrons. The Hall–Kier alpha value is -3.73. The molecule has 8 heteroatoms. The zero-order valence-corrected chi connectivity index (χ0v) is 19.3. The summed E-state index contributed by atoms with van der Waals surface area (Å²) in [5.74, 6) is 0.476. The van der Waals surface area contributed by atoms with Crippen molar-refractivity contribution in [3.8, 4) is 17.2 Å². The summed E-state index contributed by atoms with van der Waals surface area (Å²) < 4.78 is 13.6. The van der Waals surface area contributed by atoms with Crippen LogP contribution in [0.4, 0.5) is 21.6 Å². The van der Waals surface area contributed by atoms with Gasteiger partial charge < -0.3 is 15.1 Å². The molecule has 0 spiro atoms. The lowest BCUT2D eigenvalue weighted by Gasteiger charge is -2.33. The number of rotatable bonds is 4. The van der Waals surface area contributed by atoms with E-state index in [1.54, 1.807) is 6.07 Å². The van der Waals surface area contributed by atoms with E-state index in [2.05, 4.69) is 45.4 Å². The lowest BCUT2D eigenvalue weighted by molar-refractivity contribution is 0.312. The molecule has 3 heterocycles. The zero-order chi connectivity index (χ0) is 23.7. The molecule has 0 atom stereocenters. The molecule has 1 aliphatic heterocycles. The fourth-order valence-electron chi connectivity index (χ4n) is 4.09. The standard InChI is InChI=1S/C26H22ClFN6/c1-33-8-10-34(11-9-33)25-7-3-18(15-31-25)17-2-6-24-21(12-17)26(19(14-29)16-30-24)32-20-4-5-23(28)22(27)13-20/h2-7,12-13,15-16H,8-11H2,1H3,(H,30,32). The molecule has 2 aromatic carbocycles. The maximum atomic E-state index is 13.6. The molecule has 4 aromatic rings. The second kappa shape index (κ2) is 9.26. The van der Waals surface area contributed by atoms with E-state index in [4.69, 9.17) is 16.6 Å². The van der Waals surface area contributed by atoms with Crippen LogP contribution in [-0.4, -0.2) is 48.1 Å². The first kappa shape index (κ1) is 22.1. The molecule has 1 aliphatic rings. The van der Waals surface area contributed by atoms with Crippen molar-refractivity contribution in [3.05, 3.63) is 77.3 Å². The van der Waals surface area contributed by atoms with Gasteiger partial charge in [0.25, 0.3) is 0 Å². The number of hydrogen-bond donors (Lipinski definition) is 1. The highest BCUT2D eigenvalue weighted by Crippen LogP contribution is 2.33. The molecule has 0 amide bonds. The zero-order valence-electron chi connectivity index (χ0n) is 18.6. The van der Waals surface area contributed by atoms with Crippen LogP contribution in [-0.2, 0) is 0 Å². The highest BCUT2D eigenvalue weighted by molar-refractivity contribution is 6.31. The van der Waals surface area contributed by atoms with Crippen molar-refractivity contribution in [2.45, 2.75) is 0 Å². The number of hydrogen-bond acceptors (Lipinski definition) is 6. The first-order chi connectivity index (χ1) is 16.5. The van der Waals surface area contributed by atoms with Gasteiger partial charge in [0, 0.05) is 55.2 Å². The molecular formula is C26H22ClFN6. The number of fused-ring (bicyclic) bond motifs is 1. The van der Waals surface area contributed by atoms with Crippen molar-refractivity contribution < 1.29 is 4.39 Å². The minimum Gasteiger partial charge on any atom is -0.354 e. The average Bonchev–Trinajstić information content (AvgIpc) is 2.87. The number of nitriles is 1. The molecule has 0 aliphatic carbocycles. The quantitative estimate of drug-likeness (QED) is 0.425. The Morgan fingerprint density at radius 1 is 0.971 bits per heavy atom. The molecular weight excluding hydrogens is 451 g/mol. The number of nitrogens with zero attached hydrogens (tertiary/aromatic N) is 5. The Kier molecular flexibility index (Phi) is 6.01. The number of aromatic nitrogens is 2. The van der Waals surface area contributed by atoms with Crippen molar-refractivity contribution in [1.29, 1.82) is 5.26 Å². The number of benzene rings is 2. The van der Waals surface area contributed by atoms with Crippen molar-refractivity contribution in [2.75, 3.05) is 43.4 Å². The Balaban J connectivity index is 1.50. The average molecular weight is 473 g/mol. The SMILES string of the molecule is CN1CCN(c2ccc(-c3ccc4ncc(C#N)c(Nc5ccc(F)c(Cl)c5)c4c3)cn2)CC1. The van der Waals surface area contributed by atoms with E-state index in [9.17, 15) is 9.65 Å². The molecule has 170 valence electrons. The summed E-state index contributed by atoms with van der Waals surface area (Å²) in [4.78, 5) is 13.7. The van der Waals surface area contributed by atoms with Crippen LogP contribution in [0.25, 0.3) is 22.0 Å². The van der Waals surface area contributed by atoms with Gasteiger partial charge in [0.05, 0.1) is 21.8 Å². The van der Waals surface area contributed by atoms with Gasteiger partial charge in [-0.1, -0.05) is 17.7 Å². The van der Waals surface area contributed by atoms with Gasteiger partial charge in [0.15, 0.2) is 0 Å². The third-order valence-electron chi connectivity index (χ3n) is 6.09. The molecule has 5 rings (SSSR count). The molecule has 34 heavy (non-hydrogen) atoms. The lowest BCUT2D eigenvalue weighted by atomic mass is 10.0. The Labute approximate surface area is 202 Å². The van der Waals surface area contributed by atoms with Crippen LogP contribution in [0.5, 0.6) is 0 Å². The summed E-state index contributed by atoms with van der Waals surface area (Å²) in [5, 5.41) is 13.7. The monoisotopic (exact) mass is 472 g/mol. The predicted molar refractivity (Wildman–Crippen MR) is 134 cm³/mol. The second-order valence-electron chi connectivity index (χ2n) is 8.34. The molecule has 0 bridgehead atoms. The number of anilines is 3. The topological polar surface area (TPSA) is 68.1 Å². The van der Waals surface area contributed by atoms with E-state index in [0.29, 0.717) is 16.9 Å². The normalized spacial score (nSPS) is 14.2. The molecule has 6 nitrogen and oxygen atoms in total. The van der Waals surface area contributed by atoms with Crippen molar-refractivity contribution >= 4 is 39.7 Å². The molecule has 1 saturated heterocycles. The van der Waals surface area contributed by atoms with E-state index in [1.165, 1.54) is 18.3 Å². The fraction of sp³-hybridized carbons (Fsp3) is 0.192. The van der Waals surface area contributed by atoms with E-state index >= 15 is 0 Å². The highest BCUT2D eigenvalue weighted by atomic mass is 35.5. The molecule has 0 saturated carbocycles. The molecule has 0 unspecified atom stereocenters. The van der Waals surface area contributed by atoms with Gasteiger partial charge in [0.1, 0.15) is 17.7 Å². The number of halogens is 2. The maximum Gasteiger partial charge on any atom is 0.141 e. The number of piperazine rings is 1. The van der Waals surface area contributed by atoms with Gasteiger partial charge in [0.2, 0.25) is 0 Å². The smallest absolute Gasteiger partial charge is 0.141 e. The second-order valence-corrected chi connectivity index (χ2v) is 8.75. The minimum absolute atomic E-state index is 0.00840. The Bertz CT molecular complexity index is 1390. The van der Waals surface area contributed by atoms with Crippen LogP contribution in [0.3, 0.4) is 0 Å². The van der Waals surface area contributed by atoms with Gasteiger partial charge in [-0.15, -0.1) is 0 Å². The van der Waals surface area contributed by atoms with E-state index in [1.807, 2.05) is 24.4 Å². The van der Waals surface area contributed by atoms with Crippen molar-refractivity contribution in [2.24, 2.45) is 0 Å². The van der Waals surface area contributed by atoms with Gasteiger partial charge in [-0.2, -0.15) is 5.26 Å².